The first kappa shape index (κ1) is 27.0. The molecule has 2 atom stereocenters. The topological polar surface area (TPSA) is 41.1 Å². The Kier molecular flexibility index (Phi) is 9.52. The molecule has 0 saturated heterocycles. The van der Waals surface area contributed by atoms with Crippen LogP contribution in [0.25, 0.3) is 0 Å². The van der Waals surface area contributed by atoms with Crippen molar-refractivity contribution in [3.05, 3.63) is 59.2 Å². The van der Waals surface area contributed by atoms with Gasteiger partial charge in [0, 0.05) is 17.9 Å². The molecule has 2 N–H and O–H groups in total. The summed E-state index contributed by atoms with van der Waals surface area (Å²) in [5.41, 5.74) is 2.08. The number of nitrogens with one attached hydrogen (secondary N) is 2. The standard InChI is InChI=1S/C27H33F5N2O/c1-2-3-9-23(28)25(29)26(35)34-24-15-14-21(16-22(24)19-7-5-4-6-8-19)33-17-18-10-12-20(13-11-18)27(30,31)32/h10-16,19,23,25,33H,2-9,17H2,1H3,(H,34,35)/t23-,25+/m0/s1. The highest BCUT2D eigenvalue weighted by Gasteiger charge is 2.30. The lowest BCUT2D eigenvalue weighted by Crippen LogP contribution is -2.32. The number of hydrogen-bond donors (Lipinski definition) is 2. The highest BCUT2D eigenvalue weighted by Crippen LogP contribution is 2.38. The van der Waals surface area contributed by atoms with E-state index in [1.807, 2.05) is 13.0 Å². The van der Waals surface area contributed by atoms with Crippen LogP contribution in [0.3, 0.4) is 0 Å². The van der Waals surface area contributed by atoms with Crippen LogP contribution in [0.15, 0.2) is 42.5 Å². The summed E-state index contributed by atoms with van der Waals surface area (Å²) in [6.45, 7) is 2.20. The predicted octanol–water partition coefficient (Wildman–Crippen LogP) is 8.17. The number of benzene rings is 2. The number of carbonyl (C=O) groups excluding carboxylic acids is 1. The minimum absolute atomic E-state index is 0.00732. The van der Waals surface area contributed by atoms with Crippen molar-refractivity contribution in [1.82, 2.24) is 0 Å². The molecule has 0 spiro atoms. The molecule has 0 radical (unpaired) electrons. The molecule has 3 rings (SSSR count). The number of alkyl halides is 5. The van der Waals surface area contributed by atoms with Crippen LogP contribution in [0.2, 0.25) is 0 Å². The van der Waals surface area contributed by atoms with Crippen LogP contribution in [0.5, 0.6) is 0 Å². The van der Waals surface area contributed by atoms with Crippen molar-refractivity contribution in [3.8, 4) is 0 Å². The quantitative estimate of drug-likeness (QED) is 0.326. The second-order valence-electron chi connectivity index (χ2n) is 9.23. The van der Waals surface area contributed by atoms with Crippen LogP contribution in [-0.2, 0) is 17.5 Å². The Hall–Kier alpha value is -2.64. The van der Waals surface area contributed by atoms with Gasteiger partial charge in [-0.3, -0.25) is 4.79 Å². The van der Waals surface area contributed by atoms with Crippen LogP contribution in [0.1, 0.15) is 80.9 Å². The van der Waals surface area contributed by atoms with Crippen LogP contribution < -0.4 is 10.6 Å². The first-order valence-electron chi connectivity index (χ1n) is 12.3. The van der Waals surface area contributed by atoms with Gasteiger partial charge in [-0.25, -0.2) is 8.78 Å². The number of amides is 1. The van der Waals surface area contributed by atoms with Gasteiger partial charge < -0.3 is 10.6 Å². The zero-order chi connectivity index (χ0) is 25.4. The Labute approximate surface area is 203 Å². The third-order valence-electron chi connectivity index (χ3n) is 6.53. The average molecular weight is 497 g/mol. The maximum atomic E-state index is 14.4. The zero-order valence-electron chi connectivity index (χ0n) is 19.9. The van der Waals surface area contributed by atoms with Gasteiger partial charge in [0.1, 0.15) is 6.17 Å². The van der Waals surface area contributed by atoms with Crippen molar-refractivity contribution in [2.24, 2.45) is 0 Å². The molecule has 1 saturated carbocycles. The van der Waals surface area contributed by atoms with E-state index in [2.05, 4.69) is 10.6 Å². The van der Waals surface area contributed by atoms with E-state index in [0.717, 1.165) is 61.9 Å². The van der Waals surface area contributed by atoms with E-state index in [1.165, 1.54) is 12.1 Å². The lowest BCUT2D eigenvalue weighted by Gasteiger charge is -2.26. The van der Waals surface area contributed by atoms with Gasteiger partial charge in [0.05, 0.1) is 5.56 Å². The maximum Gasteiger partial charge on any atom is 0.416 e. The van der Waals surface area contributed by atoms with E-state index >= 15 is 0 Å². The monoisotopic (exact) mass is 496 g/mol. The number of rotatable bonds is 10. The zero-order valence-corrected chi connectivity index (χ0v) is 19.9. The Morgan fingerprint density at radius 3 is 2.34 bits per heavy atom. The highest BCUT2D eigenvalue weighted by molar-refractivity contribution is 5.95. The second-order valence-corrected chi connectivity index (χ2v) is 9.23. The fourth-order valence-electron chi connectivity index (χ4n) is 4.46. The molecule has 0 bridgehead atoms. The summed E-state index contributed by atoms with van der Waals surface area (Å²) in [6, 6.07) is 10.3. The maximum absolute atomic E-state index is 14.4. The number of anilines is 2. The van der Waals surface area contributed by atoms with E-state index in [-0.39, 0.29) is 12.3 Å². The fourth-order valence-corrected chi connectivity index (χ4v) is 4.46. The number of carbonyl (C=O) groups is 1. The Morgan fingerprint density at radius 2 is 1.71 bits per heavy atom. The van der Waals surface area contributed by atoms with Gasteiger partial charge in [0.15, 0.2) is 0 Å². The van der Waals surface area contributed by atoms with E-state index in [0.29, 0.717) is 24.2 Å². The van der Waals surface area contributed by atoms with Gasteiger partial charge in [-0.1, -0.05) is 51.2 Å². The van der Waals surface area contributed by atoms with Crippen molar-refractivity contribution in [2.75, 3.05) is 10.6 Å². The van der Waals surface area contributed by atoms with Crippen LogP contribution in [0.4, 0.5) is 33.3 Å². The molecular formula is C27H33F5N2O. The average Bonchev–Trinajstić information content (AvgIpc) is 2.86. The van der Waals surface area contributed by atoms with Crippen LogP contribution in [-0.4, -0.2) is 18.3 Å². The van der Waals surface area contributed by atoms with E-state index < -0.39 is 30.0 Å². The summed E-state index contributed by atoms with van der Waals surface area (Å²) in [5.74, 6) is -0.790. The van der Waals surface area contributed by atoms with Gasteiger partial charge in [-0.2, -0.15) is 13.2 Å². The summed E-state index contributed by atoms with van der Waals surface area (Å²) < 4.78 is 66.8. The molecule has 2 aromatic carbocycles. The normalized spacial score (nSPS) is 16.5. The first-order chi connectivity index (χ1) is 16.7. The third-order valence-corrected chi connectivity index (χ3v) is 6.53. The lowest BCUT2D eigenvalue weighted by molar-refractivity contribution is -0.137. The van der Waals surface area contributed by atoms with Gasteiger partial charge in [0.2, 0.25) is 6.17 Å². The van der Waals surface area contributed by atoms with E-state index in [4.69, 9.17) is 0 Å². The molecule has 192 valence electrons. The largest absolute Gasteiger partial charge is 0.416 e. The molecule has 1 amide bonds. The Balaban J connectivity index is 1.73. The van der Waals surface area contributed by atoms with Gasteiger partial charge in [0.25, 0.3) is 5.91 Å². The predicted molar refractivity (Wildman–Crippen MR) is 129 cm³/mol. The molecule has 0 aliphatic heterocycles. The molecule has 2 aromatic rings. The minimum Gasteiger partial charge on any atom is -0.381 e. The fraction of sp³-hybridized carbons (Fsp3) is 0.519. The number of hydrogen-bond acceptors (Lipinski definition) is 2. The molecule has 1 aliphatic rings. The SMILES string of the molecule is CCCC[C@H](F)[C@@H](F)C(=O)Nc1ccc(NCc2ccc(C(F)(F)F)cc2)cc1C1CCCCC1. The van der Waals surface area contributed by atoms with Crippen molar-refractivity contribution in [2.45, 2.75) is 89.3 Å². The first-order valence-corrected chi connectivity index (χ1v) is 12.3. The Bertz CT molecular complexity index is 955. The van der Waals surface area contributed by atoms with Crippen LogP contribution >= 0.6 is 0 Å². The summed E-state index contributed by atoms with van der Waals surface area (Å²) in [4.78, 5) is 12.4. The number of halogens is 5. The molecular weight excluding hydrogens is 463 g/mol. The molecule has 1 aliphatic carbocycles. The lowest BCUT2D eigenvalue weighted by atomic mass is 9.83. The molecule has 0 heterocycles. The minimum atomic E-state index is -4.38. The van der Waals surface area contributed by atoms with Crippen molar-refractivity contribution < 1.29 is 26.7 Å². The molecule has 0 aromatic heterocycles. The van der Waals surface area contributed by atoms with Crippen molar-refractivity contribution in [1.29, 1.82) is 0 Å². The Morgan fingerprint density at radius 1 is 1.03 bits per heavy atom. The molecule has 0 unspecified atom stereocenters. The van der Waals surface area contributed by atoms with E-state index in [9.17, 15) is 26.7 Å². The van der Waals surface area contributed by atoms with E-state index in [1.54, 1.807) is 12.1 Å². The number of unbranched alkanes of at least 4 members (excludes halogenated alkanes) is 1. The third kappa shape index (κ3) is 7.67. The van der Waals surface area contributed by atoms with Gasteiger partial charge >= 0.3 is 6.18 Å². The summed E-state index contributed by atoms with van der Waals surface area (Å²) >= 11 is 0. The second kappa shape index (κ2) is 12.4. The summed E-state index contributed by atoms with van der Waals surface area (Å²) in [5, 5.41) is 5.81. The molecule has 1 fully saturated rings. The molecule has 8 heteroatoms. The van der Waals surface area contributed by atoms with Crippen LogP contribution in [0, 0.1) is 0 Å². The molecule has 35 heavy (non-hydrogen) atoms. The summed E-state index contributed by atoms with van der Waals surface area (Å²) in [7, 11) is 0. The summed E-state index contributed by atoms with van der Waals surface area (Å²) in [6.07, 6.45) is -2.08. The smallest absolute Gasteiger partial charge is 0.381 e. The van der Waals surface area contributed by atoms with Crippen molar-refractivity contribution in [3.63, 3.8) is 0 Å². The van der Waals surface area contributed by atoms with Crippen molar-refractivity contribution >= 4 is 17.3 Å². The van der Waals surface area contributed by atoms with Gasteiger partial charge in [-0.15, -0.1) is 0 Å². The highest BCUT2D eigenvalue weighted by atomic mass is 19.4. The molecule has 3 nitrogen and oxygen atoms in total. The van der Waals surface area contributed by atoms with Gasteiger partial charge in [-0.05, 0) is 66.6 Å².